The zero-order valence-corrected chi connectivity index (χ0v) is 37.6. The summed E-state index contributed by atoms with van der Waals surface area (Å²) in [7, 11) is 0. The maximum absolute atomic E-state index is 6.68. The van der Waals surface area contributed by atoms with Gasteiger partial charge in [-0.25, -0.2) is 15.0 Å². The molecular formula is C65H38N4O. The molecule has 0 bridgehead atoms. The van der Waals surface area contributed by atoms with Crippen LogP contribution in [0.15, 0.2) is 235 Å². The molecule has 3 aromatic heterocycles. The van der Waals surface area contributed by atoms with E-state index in [2.05, 4.69) is 229 Å². The van der Waals surface area contributed by atoms with E-state index in [0.717, 1.165) is 71.6 Å². The van der Waals surface area contributed by atoms with Crippen molar-refractivity contribution in [1.29, 1.82) is 0 Å². The van der Waals surface area contributed by atoms with Crippen LogP contribution in [0.2, 0.25) is 0 Å². The van der Waals surface area contributed by atoms with Crippen LogP contribution in [0.3, 0.4) is 0 Å². The summed E-state index contributed by atoms with van der Waals surface area (Å²) in [5.74, 6) is 1.80. The molecule has 0 aliphatic rings. The molecule has 70 heavy (non-hydrogen) atoms. The Morgan fingerprint density at radius 1 is 0.286 bits per heavy atom. The maximum atomic E-state index is 6.68. The molecule has 3 heterocycles. The second-order valence-corrected chi connectivity index (χ2v) is 18.4. The Balaban J connectivity index is 0.939. The number of furan rings is 1. The van der Waals surface area contributed by atoms with Gasteiger partial charge in [-0.3, -0.25) is 0 Å². The standard InChI is InChI=1S/C65H38N4O/c1-2-11-39(12-3-1)43-17-10-18-47(33-43)63-66-64(48-25-29-52-46(34-48)22-21-40-13-6-8-19-51(40)52)68-65(67-63)49-27-31-59-57(36-49)61-55-38-50(28-23-42(55)26-32-60(61)70-59)69-58-37-45-16-5-4-15-44(45)35-56(58)54-30-24-41-14-7-9-20-53(41)62(54)69/h1-38H. The topological polar surface area (TPSA) is 56.7 Å². The lowest BCUT2D eigenvalue weighted by Crippen LogP contribution is -2.00. The molecular weight excluding hydrogens is 853 g/mol. The lowest BCUT2D eigenvalue weighted by molar-refractivity contribution is 0.669. The van der Waals surface area contributed by atoms with Crippen LogP contribution < -0.4 is 0 Å². The molecule has 0 fully saturated rings. The van der Waals surface area contributed by atoms with Crippen molar-refractivity contribution < 1.29 is 4.42 Å². The predicted molar refractivity (Wildman–Crippen MR) is 291 cm³/mol. The van der Waals surface area contributed by atoms with Crippen LogP contribution in [0.4, 0.5) is 0 Å². The summed E-state index contributed by atoms with van der Waals surface area (Å²) < 4.78 is 9.14. The number of nitrogens with zero attached hydrogens (tertiary/aromatic N) is 4. The molecule has 15 rings (SSSR count). The Bertz CT molecular complexity index is 4660. The van der Waals surface area contributed by atoms with Crippen molar-refractivity contribution in [1.82, 2.24) is 19.5 Å². The first-order chi connectivity index (χ1) is 34.6. The molecule has 0 saturated heterocycles. The average molecular weight is 891 g/mol. The van der Waals surface area contributed by atoms with Crippen LogP contribution in [-0.4, -0.2) is 19.5 Å². The van der Waals surface area contributed by atoms with Gasteiger partial charge in [-0.15, -0.1) is 0 Å². The maximum Gasteiger partial charge on any atom is 0.164 e. The predicted octanol–water partition coefficient (Wildman–Crippen LogP) is 17.3. The monoisotopic (exact) mass is 890 g/mol. The van der Waals surface area contributed by atoms with Gasteiger partial charge in [-0.2, -0.15) is 0 Å². The highest BCUT2D eigenvalue weighted by atomic mass is 16.3. The van der Waals surface area contributed by atoms with E-state index in [1.54, 1.807) is 0 Å². The van der Waals surface area contributed by atoms with E-state index in [1.165, 1.54) is 59.5 Å². The van der Waals surface area contributed by atoms with E-state index < -0.39 is 0 Å². The molecule has 0 N–H and O–H groups in total. The quantitative estimate of drug-likeness (QED) is 0.162. The van der Waals surface area contributed by atoms with Gasteiger partial charge < -0.3 is 8.98 Å². The Hall–Kier alpha value is -9.45. The van der Waals surface area contributed by atoms with Crippen LogP contribution in [0.25, 0.3) is 149 Å². The summed E-state index contributed by atoms with van der Waals surface area (Å²) in [4.78, 5) is 15.8. The third-order valence-electron chi connectivity index (χ3n) is 14.3. The number of hydrogen-bond acceptors (Lipinski definition) is 4. The average Bonchev–Trinajstić information content (AvgIpc) is 3.97. The van der Waals surface area contributed by atoms with Crippen LogP contribution in [0, 0.1) is 0 Å². The van der Waals surface area contributed by atoms with Gasteiger partial charge in [-0.1, -0.05) is 170 Å². The summed E-state index contributed by atoms with van der Waals surface area (Å²) in [6.45, 7) is 0. The van der Waals surface area contributed by atoms with Gasteiger partial charge in [0.1, 0.15) is 11.2 Å². The normalized spacial score (nSPS) is 12.0. The van der Waals surface area contributed by atoms with E-state index in [-0.39, 0.29) is 0 Å². The van der Waals surface area contributed by atoms with Crippen molar-refractivity contribution in [3.8, 4) is 51.0 Å². The highest BCUT2D eigenvalue weighted by molar-refractivity contribution is 6.22. The molecule has 0 amide bonds. The fourth-order valence-corrected chi connectivity index (χ4v) is 11.0. The van der Waals surface area contributed by atoms with Gasteiger partial charge in [-0.05, 0) is 120 Å². The largest absolute Gasteiger partial charge is 0.456 e. The summed E-state index contributed by atoms with van der Waals surface area (Å²) >= 11 is 0. The Kier molecular flexibility index (Phi) is 8.29. The smallest absolute Gasteiger partial charge is 0.164 e. The SMILES string of the molecule is c1ccc(-c2cccc(-c3nc(-c4ccc5c(ccc6ccccc65)c4)nc(-c4ccc5oc6ccc7ccc(-n8c9cc%10ccccc%10cc9c9ccc%10ccccc%10c98)cc7c6c5c4)n3)c2)cc1. The zero-order valence-electron chi connectivity index (χ0n) is 37.6. The first-order valence-corrected chi connectivity index (χ1v) is 23.7. The van der Waals surface area contributed by atoms with E-state index >= 15 is 0 Å². The molecule has 0 unspecified atom stereocenters. The third kappa shape index (κ3) is 6.02. The molecule has 0 atom stereocenters. The van der Waals surface area contributed by atoms with E-state index in [9.17, 15) is 0 Å². The Morgan fingerprint density at radius 2 is 0.843 bits per heavy atom. The molecule has 12 aromatic carbocycles. The Morgan fingerprint density at radius 3 is 1.67 bits per heavy atom. The molecule has 0 aliphatic carbocycles. The first-order valence-electron chi connectivity index (χ1n) is 23.7. The minimum absolute atomic E-state index is 0.588. The molecule has 0 spiro atoms. The van der Waals surface area contributed by atoms with E-state index in [4.69, 9.17) is 19.4 Å². The third-order valence-corrected chi connectivity index (χ3v) is 14.3. The van der Waals surface area contributed by atoms with E-state index in [1.807, 2.05) is 6.07 Å². The Labute approximate surface area is 401 Å². The molecule has 15 aromatic rings. The number of benzene rings is 12. The number of rotatable bonds is 5. The van der Waals surface area contributed by atoms with Crippen molar-refractivity contribution in [3.05, 3.63) is 231 Å². The molecule has 0 aliphatic heterocycles. The summed E-state index contributed by atoms with van der Waals surface area (Å²) in [5.41, 5.74) is 10.0. The highest BCUT2D eigenvalue weighted by Gasteiger charge is 2.20. The minimum Gasteiger partial charge on any atom is -0.456 e. The first kappa shape index (κ1) is 38.6. The van der Waals surface area contributed by atoms with Gasteiger partial charge in [0.2, 0.25) is 0 Å². The molecule has 5 heteroatoms. The van der Waals surface area contributed by atoms with Crippen LogP contribution in [0.1, 0.15) is 0 Å². The second-order valence-electron chi connectivity index (χ2n) is 18.4. The molecule has 324 valence electrons. The minimum atomic E-state index is 0.588. The second kappa shape index (κ2) is 15.0. The summed E-state index contributed by atoms with van der Waals surface area (Å²) in [5, 5.41) is 16.4. The van der Waals surface area contributed by atoms with E-state index in [0.29, 0.717) is 17.5 Å². The highest BCUT2D eigenvalue weighted by Crippen LogP contribution is 2.42. The van der Waals surface area contributed by atoms with Crippen molar-refractivity contribution in [3.63, 3.8) is 0 Å². The number of hydrogen-bond donors (Lipinski definition) is 0. The fourth-order valence-electron chi connectivity index (χ4n) is 11.0. The van der Waals surface area contributed by atoms with Gasteiger partial charge >= 0.3 is 0 Å². The summed E-state index contributed by atoms with van der Waals surface area (Å²) in [6.07, 6.45) is 0. The molecule has 0 saturated carbocycles. The molecule has 0 radical (unpaired) electrons. The van der Waals surface area contributed by atoms with Gasteiger partial charge in [0.15, 0.2) is 17.5 Å². The number of fused-ring (bicyclic) bond motifs is 14. The van der Waals surface area contributed by atoms with Crippen molar-refractivity contribution in [2.24, 2.45) is 0 Å². The molecule has 5 nitrogen and oxygen atoms in total. The van der Waals surface area contributed by atoms with Crippen LogP contribution in [0.5, 0.6) is 0 Å². The van der Waals surface area contributed by atoms with Crippen LogP contribution >= 0.6 is 0 Å². The number of aromatic nitrogens is 4. The fraction of sp³-hybridized carbons (Fsp3) is 0. The van der Waals surface area contributed by atoms with Crippen molar-refractivity contribution in [2.75, 3.05) is 0 Å². The summed E-state index contributed by atoms with van der Waals surface area (Å²) in [6, 6.07) is 82.4. The van der Waals surface area contributed by atoms with Gasteiger partial charge in [0.05, 0.1) is 11.0 Å². The lowest BCUT2D eigenvalue weighted by Gasteiger charge is -2.12. The van der Waals surface area contributed by atoms with Gasteiger partial charge in [0, 0.05) is 49.3 Å². The van der Waals surface area contributed by atoms with Crippen molar-refractivity contribution in [2.45, 2.75) is 0 Å². The van der Waals surface area contributed by atoms with Crippen LogP contribution in [-0.2, 0) is 0 Å². The van der Waals surface area contributed by atoms with Gasteiger partial charge in [0.25, 0.3) is 0 Å². The van der Waals surface area contributed by atoms with Crippen molar-refractivity contribution >= 4 is 97.6 Å². The lowest BCUT2D eigenvalue weighted by atomic mass is 10.00. The zero-order chi connectivity index (χ0) is 45.9.